The van der Waals surface area contributed by atoms with Gasteiger partial charge in [0.05, 0.1) is 30.2 Å². The summed E-state index contributed by atoms with van der Waals surface area (Å²) >= 11 is 0. The number of rotatable bonds is 3. The summed E-state index contributed by atoms with van der Waals surface area (Å²) in [6.07, 6.45) is 0. The van der Waals surface area contributed by atoms with Gasteiger partial charge in [-0.2, -0.15) is 8.42 Å². The Morgan fingerprint density at radius 1 is 1.00 bits per heavy atom. The predicted molar refractivity (Wildman–Crippen MR) is 58.9 cm³/mol. The molecule has 0 aromatic heterocycles. The minimum atomic E-state index is -4.55. The van der Waals surface area contributed by atoms with E-state index in [4.69, 9.17) is 4.55 Å². The molecule has 0 heterocycles. The van der Waals surface area contributed by atoms with Crippen LogP contribution >= 0.6 is 0 Å². The van der Waals surface area contributed by atoms with Crippen LogP contribution in [0.4, 0.5) is 0 Å². The first kappa shape index (κ1) is 17.7. The van der Waals surface area contributed by atoms with Gasteiger partial charge < -0.3 is 9.47 Å². The molecule has 0 aliphatic heterocycles. The van der Waals surface area contributed by atoms with Gasteiger partial charge in [0.1, 0.15) is 0 Å². The van der Waals surface area contributed by atoms with Gasteiger partial charge in [-0.3, -0.25) is 4.55 Å². The maximum Gasteiger partial charge on any atom is 1.00 e. The average Bonchev–Trinajstić information content (AvgIpc) is 2.35. The summed E-state index contributed by atoms with van der Waals surface area (Å²) in [5, 5.41) is 0. The van der Waals surface area contributed by atoms with Crippen molar-refractivity contribution in [2.45, 2.75) is 4.90 Å². The van der Waals surface area contributed by atoms with Gasteiger partial charge in [0, 0.05) is 0 Å². The minimum absolute atomic E-state index is 0. The van der Waals surface area contributed by atoms with Crippen LogP contribution in [0.5, 0.6) is 0 Å². The molecule has 1 N–H and O–H groups in total. The van der Waals surface area contributed by atoms with E-state index in [2.05, 4.69) is 9.47 Å². The van der Waals surface area contributed by atoms with E-state index in [9.17, 15) is 18.0 Å². The van der Waals surface area contributed by atoms with Crippen molar-refractivity contribution < 1.29 is 50.9 Å². The van der Waals surface area contributed by atoms with Crippen molar-refractivity contribution in [3.8, 4) is 0 Å². The van der Waals surface area contributed by atoms with Crippen LogP contribution in [0.15, 0.2) is 23.1 Å². The van der Waals surface area contributed by atoms with E-state index in [1.54, 1.807) is 0 Å². The molecule has 0 fully saturated rings. The van der Waals surface area contributed by atoms with E-state index in [0.29, 0.717) is 0 Å². The molecule has 0 saturated heterocycles. The quantitative estimate of drug-likeness (QED) is 0.371. The number of benzene rings is 1. The fraction of sp³-hybridized carbons (Fsp3) is 0.200. The third kappa shape index (κ3) is 4.36. The smallest absolute Gasteiger partial charge is 0.465 e. The molecule has 7 nitrogen and oxygen atoms in total. The van der Waals surface area contributed by atoms with Crippen LogP contribution in [0, 0.1) is 0 Å². The summed E-state index contributed by atoms with van der Waals surface area (Å²) < 4.78 is 39.7. The van der Waals surface area contributed by atoms with Crippen LogP contribution in [0.3, 0.4) is 0 Å². The Kier molecular flexibility index (Phi) is 6.25. The SMILES string of the molecule is COC(=O)c1cc(C(=O)OC)cc(S(=O)(=O)O)c1.[Li+]. The predicted octanol–water partition coefficient (Wildman–Crippen LogP) is -2.49. The molecule has 0 spiro atoms. The topological polar surface area (TPSA) is 107 Å². The number of hydrogen-bond donors (Lipinski definition) is 1. The molecule has 1 aromatic rings. The summed E-state index contributed by atoms with van der Waals surface area (Å²) in [6.45, 7) is 0. The Bertz CT molecular complexity index is 560. The number of carbonyl (C=O) groups excluding carboxylic acids is 2. The third-order valence-electron chi connectivity index (χ3n) is 2.05. The molecule has 98 valence electrons. The van der Waals surface area contributed by atoms with Crippen molar-refractivity contribution in [2.24, 2.45) is 0 Å². The zero-order valence-corrected chi connectivity index (χ0v) is 11.4. The maximum atomic E-state index is 11.3. The van der Waals surface area contributed by atoms with E-state index >= 15 is 0 Å². The summed E-state index contributed by atoms with van der Waals surface area (Å²) in [5.74, 6) is -1.68. The number of hydrogen-bond acceptors (Lipinski definition) is 6. The zero-order valence-electron chi connectivity index (χ0n) is 10.5. The first-order valence-corrected chi connectivity index (χ1v) is 6.03. The van der Waals surface area contributed by atoms with E-state index in [1.807, 2.05) is 0 Å². The molecule has 9 heteroatoms. The second kappa shape index (κ2) is 6.72. The average molecular weight is 281 g/mol. The minimum Gasteiger partial charge on any atom is -0.465 e. The summed E-state index contributed by atoms with van der Waals surface area (Å²) in [4.78, 5) is 22.0. The molecule has 0 aliphatic carbocycles. The normalized spacial score (nSPS) is 10.3. The van der Waals surface area contributed by atoms with Crippen molar-refractivity contribution in [3.05, 3.63) is 29.3 Å². The molecule has 0 unspecified atom stereocenters. The van der Waals surface area contributed by atoms with Crippen molar-refractivity contribution in [1.29, 1.82) is 0 Å². The maximum absolute atomic E-state index is 11.3. The fourth-order valence-corrected chi connectivity index (χ4v) is 1.77. The van der Waals surface area contributed by atoms with Gasteiger partial charge in [-0.1, -0.05) is 0 Å². The largest absolute Gasteiger partial charge is 1.00 e. The van der Waals surface area contributed by atoms with E-state index in [0.717, 1.165) is 32.4 Å². The van der Waals surface area contributed by atoms with Gasteiger partial charge >= 0.3 is 30.8 Å². The molecular formula is C10H10LiO7S+. The van der Waals surface area contributed by atoms with Gasteiger partial charge in [-0.15, -0.1) is 0 Å². The zero-order chi connectivity index (χ0) is 13.9. The summed E-state index contributed by atoms with van der Waals surface area (Å²) in [5.41, 5.74) is -0.374. The van der Waals surface area contributed by atoms with Crippen LogP contribution in [-0.2, 0) is 19.6 Å². The number of esters is 2. The molecule has 0 amide bonds. The van der Waals surface area contributed by atoms with Crippen molar-refractivity contribution in [3.63, 3.8) is 0 Å². The van der Waals surface area contributed by atoms with Gasteiger partial charge in [0.15, 0.2) is 0 Å². The van der Waals surface area contributed by atoms with Crippen LogP contribution in [0.2, 0.25) is 0 Å². The number of methoxy groups -OCH3 is 2. The van der Waals surface area contributed by atoms with Gasteiger partial charge in [0.25, 0.3) is 10.1 Å². The Hall–Kier alpha value is -1.33. The Morgan fingerprint density at radius 3 is 1.63 bits per heavy atom. The molecular weight excluding hydrogens is 271 g/mol. The molecule has 0 saturated carbocycles. The second-order valence-electron chi connectivity index (χ2n) is 3.20. The Morgan fingerprint density at radius 2 is 1.37 bits per heavy atom. The fourth-order valence-electron chi connectivity index (χ4n) is 1.22. The molecule has 1 rings (SSSR count). The Labute approximate surface area is 121 Å². The molecule has 0 radical (unpaired) electrons. The van der Waals surface area contributed by atoms with E-state index < -0.39 is 27.0 Å². The van der Waals surface area contributed by atoms with E-state index in [1.165, 1.54) is 0 Å². The van der Waals surface area contributed by atoms with Crippen LogP contribution in [0.1, 0.15) is 20.7 Å². The van der Waals surface area contributed by atoms with Gasteiger partial charge in [0.2, 0.25) is 0 Å². The molecule has 1 aromatic carbocycles. The number of carbonyl (C=O) groups is 2. The summed E-state index contributed by atoms with van der Waals surface area (Å²) in [7, 11) is -2.35. The molecule has 0 aliphatic rings. The van der Waals surface area contributed by atoms with Gasteiger partial charge in [-0.25, -0.2) is 9.59 Å². The molecule has 19 heavy (non-hydrogen) atoms. The first-order valence-electron chi connectivity index (χ1n) is 4.59. The second-order valence-corrected chi connectivity index (χ2v) is 4.63. The van der Waals surface area contributed by atoms with Crippen LogP contribution in [-0.4, -0.2) is 39.1 Å². The number of ether oxygens (including phenoxy) is 2. The van der Waals surface area contributed by atoms with Gasteiger partial charge in [-0.05, 0) is 18.2 Å². The Balaban J connectivity index is 0.00000324. The van der Waals surface area contributed by atoms with Crippen molar-refractivity contribution in [1.82, 2.24) is 0 Å². The standard InChI is InChI=1S/C10H10O7S.Li/c1-16-9(11)6-3-7(10(12)17-2)5-8(4-6)18(13,14)15;/h3-5H,1-2H3,(H,13,14,15);/q;+1. The first-order chi connectivity index (χ1) is 8.29. The van der Waals surface area contributed by atoms with Crippen molar-refractivity contribution >= 4 is 22.1 Å². The molecule has 0 bridgehead atoms. The monoisotopic (exact) mass is 281 g/mol. The van der Waals surface area contributed by atoms with Crippen LogP contribution < -0.4 is 18.9 Å². The summed E-state index contributed by atoms with van der Waals surface area (Å²) in [6, 6.07) is 2.90. The van der Waals surface area contributed by atoms with E-state index in [-0.39, 0.29) is 30.0 Å². The molecule has 0 atom stereocenters. The van der Waals surface area contributed by atoms with Crippen LogP contribution in [0.25, 0.3) is 0 Å². The third-order valence-corrected chi connectivity index (χ3v) is 2.88. The van der Waals surface area contributed by atoms with Crippen molar-refractivity contribution in [2.75, 3.05) is 14.2 Å².